The maximum Gasteiger partial charge on any atom is 0.306 e. The second-order valence-electron chi connectivity index (χ2n) is 8.54. The number of pyridine rings is 1. The van der Waals surface area contributed by atoms with Crippen molar-refractivity contribution >= 4 is 27.6 Å². The average molecular weight is 495 g/mol. The Morgan fingerprint density at radius 3 is 2.45 bits per heavy atom. The molecule has 0 amide bonds. The molecular weight excluding hydrogens is 460 g/mol. The predicted molar refractivity (Wildman–Crippen MR) is 132 cm³/mol. The number of carbonyl (C=O) groups excluding carboxylic acids is 1. The SMILES string of the molecule is CC(C)OC(=O)CCC(CCCCNS(=O)(=O)c1ccc(Cl)cc1)CCCc1cccnc1. The van der Waals surface area contributed by atoms with Gasteiger partial charge >= 0.3 is 5.97 Å². The van der Waals surface area contributed by atoms with Gasteiger partial charge in [-0.3, -0.25) is 9.78 Å². The van der Waals surface area contributed by atoms with E-state index < -0.39 is 10.0 Å². The first-order valence-corrected chi connectivity index (χ1v) is 13.5. The van der Waals surface area contributed by atoms with E-state index in [0.717, 1.165) is 44.9 Å². The van der Waals surface area contributed by atoms with Crippen LogP contribution in [0.1, 0.15) is 64.4 Å². The number of hydrogen-bond acceptors (Lipinski definition) is 5. The summed E-state index contributed by atoms with van der Waals surface area (Å²) in [5.41, 5.74) is 1.21. The third kappa shape index (κ3) is 11.1. The van der Waals surface area contributed by atoms with Crippen molar-refractivity contribution in [1.82, 2.24) is 9.71 Å². The van der Waals surface area contributed by atoms with Crippen LogP contribution in [0.2, 0.25) is 5.02 Å². The van der Waals surface area contributed by atoms with Crippen LogP contribution in [0, 0.1) is 5.92 Å². The van der Waals surface area contributed by atoms with Gasteiger partial charge in [0.05, 0.1) is 11.0 Å². The van der Waals surface area contributed by atoms with E-state index >= 15 is 0 Å². The molecule has 2 rings (SSSR count). The Kier molecular flexibility index (Phi) is 11.9. The van der Waals surface area contributed by atoms with Crippen molar-refractivity contribution in [2.24, 2.45) is 5.92 Å². The van der Waals surface area contributed by atoms with Crippen LogP contribution < -0.4 is 4.72 Å². The second kappa shape index (κ2) is 14.3. The molecule has 0 aliphatic carbocycles. The summed E-state index contributed by atoms with van der Waals surface area (Å²) in [4.78, 5) is 16.4. The third-order valence-electron chi connectivity index (χ3n) is 5.38. The van der Waals surface area contributed by atoms with Crippen LogP contribution in [0.25, 0.3) is 0 Å². The monoisotopic (exact) mass is 494 g/mol. The predicted octanol–water partition coefficient (Wildman–Crippen LogP) is 5.55. The Morgan fingerprint density at radius 2 is 1.79 bits per heavy atom. The zero-order valence-corrected chi connectivity index (χ0v) is 21.1. The summed E-state index contributed by atoms with van der Waals surface area (Å²) in [6.07, 6.45) is 10.3. The lowest BCUT2D eigenvalue weighted by molar-refractivity contribution is -0.147. The van der Waals surface area contributed by atoms with Crippen LogP contribution in [0.15, 0.2) is 53.7 Å². The third-order valence-corrected chi connectivity index (χ3v) is 7.11. The van der Waals surface area contributed by atoms with Crippen LogP contribution >= 0.6 is 11.6 Å². The number of sulfonamides is 1. The lowest BCUT2D eigenvalue weighted by Crippen LogP contribution is -2.24. The first kappa shape index (κ1) is 27.3. The molecule has 1 heterocycles. The molecule has 182 valence electrons. The van der Waals surface area contributed by atoms with Crippen molar-refractivity contribution in [2.75, 3.05) is 6.54 Å². The van der Waals surface area contributed by atoms with Crippen molar-refractivity contribution in [3.8, 4) is 0 Å². The summed E-state index contributed by atoms with van der Waals surface area (Å²) >= 11 is 5.83. The van der Waals surface area contributed by atoms with Crippen molar-refractivity contribution in [3.63, 3.8) is 0 Å². The molecule has 6 nitrogen and oxygen atoms in total. The number of benzene rings is 1. The van der Waals surface area contributed by atoms with Crippen molar-refractivity contribution < 1.29 is 17.9 Å². The normalized spacial score (nSPS) is 12.6. The molecule has 0 saturated heterocycles. The first-order chi connectivity index (χ1) is 15.8. The number of esters is 1. The van der Waals surface area contributed by atoms with Crippen LogP contribution in [0.4, 0.5) is 0 Å². The molecule has 0 fully saturated rings. The van der Waals surface area contributed by atoms with E-state index in [1.54, 1.807) is 18.3 Å². The molecule has 0 radical (unpaired) electrons. The molecule has 0 aliphatic heterocycles. The molecule has 33 heavy (non-hydrogen) atoms. The number of hydrogen-bond donors (Lipinski definition) is 1. The fourth-order valence-electron chi connectivity index (χ4n) is 3.68. The zero-order valence-electron chi connectivity index (χ0n) is 19.5. The highest BCUT2D eigenvalue weighted by molar-refractivity contribution is 7.89. The van der Waals surface area contributed by atoms with Gasteiger partial charge in [-0.25, -0.2) is 13.1 Å². The lowest BCUT2D eigenvalue weighted by atomic mass is 9.91. The van der Waals surface area contributed by atoms with Gasteiger partial charge in [-0.05, 0) is 81.3 Å². The Balaban J connectivity index is 1.77. The highest BCUT2D eigenvalue weighted by Gasteiger charge is 2.15. The molecule has 8 heteroatoms. The number of aryl methyl sites for hydroxylation is 1. The summed E-state index contributed by atoms with van der Waals surface area (Å²) in [6, 6.07) is 10.2. The zero-order chi connectivity index (χ0) is 24.1. The van der Waals surface area contributed by atoms with E-state index in [0.29, 0.717) is 23.9 Å². The van der Waals surface area contributed by atoms with Gasteiger partial charge in [0.2, 0.25) is 10.0 Å². The van der Waals surface area contributed by atoms with Crippen LogP contribution in [-0.4, -0.2) is 32.0 Å². The Labute approximate surface area is 203 Å². The highest BCUT2D eigenvalue weighted by Crippen LogP contribution is 2.22. The van der Waals surface area contributed by atoms with Crippen LogP contribution in [0.3, 0.4) is 0 Å². The van der Waals surface area contributed by atoms with Crippen LogP contribution in [0.5, 0.6) is 0 Å². The van der Waals surface area contributed by atoms with Crippen LogP contribution in [-0.2, 0) is 26.0 Å². The van der Waals surface area contributed by atoms with Gasteiger partial charge in [0.25, 0.3) is 0 Å². The van der Waals surface area contributed by atoms with E-state index in [1.807, 2.05) is 26.1 Å². The number of nitrogens with zero attached hydrogens (tertiary/aromatic N) is 1. The van der Waals surface area contributed by atoms with Gasteiger partial charge < -0.3 is 4.74 Å². The van der Waals surface area contributed by atoms with Gasteiger partial charge in [0.1, 0.15) is 0 Å². The van der Waals surface area contributed by atoms with E-state index in [4.69, 9.17) is 16.3 Å². The van der Waals surface area contributed by atoms with Gasteiger partial charge in [-0.2, -0.15) is 0 Å². The standard InChI is InChI=1S/C25H35ClN2O4S/c1-20(2)32-25(29)16-11-21(8-5-9-22-10-6-17-27-19-22)7-3-4-18-28-33(30,31)24-14-12-23(26)13-15-24/h6,10,12-15,17,19-21,28H,3-5,7-9,11,16,18H2,1-2H3. The largest absolute Gasteiger partial charge is 0.463 e. The number of aromatic nitrogens is 1. The molecule has 0 bridgehead atoms. The maximum absolute atomic E-state index is 12.4. The number of halogens is 1. The van der Waals surface area contributed by atoms with E-state index in [2.05, 4.69) is 15.8 Å². The Bertz CT molecular complexity index is 935. The number of ether oxygens (including phenoxy) is 1. The minimum atomic E-state index is -3.53. The van der Waals surface area contributed by atoms with Crippen molar-refractivity contribution in [3.05, 3.63) is 59.4 Å². The van der Waals surface area contributed by atoms with E-state index in [-0.39, 0.29) is 17.0 Å². The summed E-state index contributed by atoms with van der Waals surface area (Å²) in [5, 5.41) is 0.501. The fraction of sp³-hybridized carbons (Fsp3) is 0.520. The first-order valence-electron chi connectivity index (χ1n) is 11.6. The van der Waals surface area contributed by atoms with E-state index in [9.17, 15) is 13.2 Å². The van der Waals surface area contributed by atoms with Gasteiger partial charge in [0, 0.05) is 30.4 Å². The van der Waals surface area contributed by atoms with Gasteiger partial charge in [0.15, 0.2) is 0 Å². The summed E-state index contributed by atoms with van der Waals surface area (Å²) in [6.45, 7) is 4.09. The number of rotatable bonds is 15. The molecular formula is C25H35ClN2O4S. The van der Waals surface area contributed by atoms with Crippen molar-refractivity contribution in [1.29, 1.82) is 0 Å². The molecule has 1 atom stereocenters. The molecule has 0 saturated carbocycles. The smallest absolute Gasteiger partial charge is 0.306 e. The summed E-state index contributed by atoms with van der Waals surface area (Å²) in [5.74, 6) is 0.243. The lowest BCUT2D eigenvalue weighted by Gasteiger charge is -2.17. The second-order valence-corrected chi connectivity index (χ2v) is 10.7. The van der Waals surface area contributed by atoms with Gasteiger partial charge in [-0.1, -0.05) is 36.9 Å². The molecule has 2 aromatic rings. The maximum atomic E-state index is 12.4. The number of carbonyl (C=O) groups is 1. The summed E-state index contributed by atoms with van der Waals surface area (Å²) in [7, 11) is -3.53. The van der Waals surface area contributed by atoms with Gasteiger partial charge in [-0.15, -0.1) is 0 Å². The topological polar surface area (TPSA) is 85.4 Å². The van der Waals surface area contributed by atoms with Crippen molar-refractivity contribution in [2.45, 2.75) is 76.2 Å². The molecule has 1 aromatic carbocycles. The Morgan fingerprint density at radius 1 is 1.06 bits per heavy atom. The molecule has 1 N–H and O–H groups in total. The van der Waals surface area contributed by atoms with E-state index in [1.165, 1.54) is 17.7 Å². The minimum absolute atomic E-state index is 0.102. The summed E-state index contributed by atoms with van der Waals surface area (Å²) < 4.78 is 32.7. The molecule has 1 unspecified atom stereocenters. The molecule has 0 spiro atoms. The number of nitrogens with one attached hydrogen (secondary N) is 1. The quantitative estimate of drug-likeness (QED) is 0.259. The number of unbranched alkanes of at least 4 members (excludes halogenated alkanes) is 1. The average Bonchev–Trinajstić information content (AvgIpc) is 2.77. The highest BCUT2D eigenvalue weighted by atomic mass is 35.5. The molecule has 0 aliphatic rings. The molecule has 1 aromatic heterocycles. The fourth-order valence-corrected chi connectivity index (χ4v) is 4.88. The Hall–Kier alpha value is -1.96. The minimum Gasteiger partial charge on any atom is -0.463 e.